The van der Waals surface area contributed by atoms with Crippen LogP contribution in [0.2, 0.25) is 0 Å². The maximum absolute atomic E-state index is 12.8. The van der Waals surface area contributed by atoms with Crippen LogP contribution in [0.4, 0.5) is 0 Å². The number of nitrogens with one attached hydrogen (secondary N) is 3. The summed E-state index contributed by atoms with van der Waals surface area (Å²) in [7, 11) is 0. The van der Waals surface area contributed by atoms with Gasteiger partial charge in [-0.05, 0) is 36.0 Å². The van der Waals surface area contributed by atoms with Gasteiger partial charge in [0.05, 0.1) is 12.6 Å². The van der Waals surface area contributed by atoms with Crippen molar-refractivity contribution in [3.63, 3.8) is 0 Å². The first-order chi connectivity index (χ1) is 14.9. The third kappa shape index (κ3) is 9.34. The third-order valence-electron chi connectivity index (χ3n) is 4.79. The van der Waals surface area contributed by atoms with E-state index >= 15 is 0 Å². The van der Waals surface area contributed by atoms with Gasteiger partial charge in [-0.15, -0.1) is 0 Å². The van der Waals surface area contributed by atoms with Crippen molar-refractivity contribution in [2.45, 2.75) is 58.7 Å². The smallest absolute Gasteiger partial charge is 0.326 e. The number of nitrogens with two attached hydrogens (primary N) is 1. The highest BCUT2D eigenvalue weighted by molar-refractivity contribution is 5.92. The van der Waals surface area contributed by atoms with Crippen LogP contribution in [0, 0.1) is 11.8 Å². The molecule has 0 saturated carbocycles. The minimum absolute atomic E-state index is 0.0296. The van der Waals surface area contributed by atoms with Crippen molar-refractivity contribution < 1.29 is 29.4 Å². The van der Waals surface area contributed by atoms with Gasteiger partial charge >= 0.3 is 5.97 Å². The van der Waals surface area contributed by atoms with Crippen molar-refractivity contribution in [2.75, 3.05) is 6.54 Å². The van der Waals surface area contributed by atoms with Gasteiger partial charge in [0.15, 0.2) is 0 Å². The third-order valence-corrected chi connectivity index (χ3v) is 4.79. The van der Waals surface area contributed by atoms with Gasteiger partial charge in [-0.2, -0.15) is 0 Å². The van der Waals surface area contributed by atoms with Crippen LogP contribution in [-0.2, 0) is 25.6 Å². The number of carboxylic acids is 1. The molecule has 0 saturated heterocycles. The van der Waals surface area contributed by atoms with E-state index in [1.165, 1.54) is 12.1 Å². The second-order valence-corrected chi connectivity index (χ2v) is 8.51. The summed E-state index contributed by atoms with van der Waals surface area (Å²) in [5.74, 6) is -2.98. The summed E-state index contributed by atoms with van der Waals surface area (Å²) < 4.78 is 0. The molecule has 1 aromatic carbocycles. The molecular weight excluding hydrogens is 416 g/mol. The topological polar surface area (TPSA) is 171 Å². The number of hydrogen-bond donors (Lipinski definition) is 6. The number of phenols is 1. The zero-order valence-electron chi connectivity index (χ0n) is 18.9. The molecule has 178 valence electrons. The molecule has 1 rings (SSSR count). The fourth-order valence-corrected chi connectivity index (χ4v) is 2.88. The van der Waals surface area contributed by atoms with Crippen molar-refractivity contribution in [2.24, 2.45) is 17.6 Å². The van der Waals surface area contributed by atoms with E-state index in [0.717, 1.165) is 0 Å². The first kappa shape index (κ1) is 26.9. The maximum atomic E-state index is 12.8. The summed E-state index contributed by atoms with van der Waals surface area (Å²) in [5, 5.41) is 26.3. The summed E-state index contributed by atoms with van der Waals surface area (Å²) in [6.45, 7) is 6.84. The number of benzene rings is 1. The fraction of sp³-hybridized carbons (Fsp3) is 0.545. The second kappa shape index (κ2) is 12.7. The van der Waals surface area contributed by atoms with E-state index in [1.54, 1.807) is 26.0 Å². The van der Waals surface area contributed by atoms with Crippen molar-refractivity contribution in [3.8, 4) is 5.75 Å². The van der Waals surface area contributed by atoms with E-state index in [0.29, 0.717) is 5.56 Å². The van der Waals surface area contributed by atoms with Crippen molar-refractivity contribution in [1.82, 2.24) is 16.0 Å². The molecule has 3 amide bonds. The van der Waals surface area contributed by atoms with Crippen LogP contribution in [0.1, 0.15) is 39.7 Å². The molecule has 7 N–H and O–H groups in total. The van der Waals surface area contributed by atoms with E-state index in [1.807, 2.05) is 13.8 Å². The number of aliphatic carboxylic acids is 1. The second-order valence-electron chi connectivity index (χ2n) is 8.51. The number of carbonyl (C=O) groups excluding carboxylic acids is 3. The molecular formula is C22H34N4O6. The van der Waals surface area contributed by atoms with Crippen LogP contribution in [0.5, 0.6) is 5.75 Å². The number of hydrogen-bond acceptors (Lipinski definition) is 6. The Hall–Kier alpha value is -3.14. The maximum Gasteiger partial charge on any atom is 0.326 e. The molecule has 0 bridgehead atoms. The molecule has 0 aliphatic rings. The number of aromatic hydroxyl groups is 1. The van der Waals surface area contributed by atoms with Crippen molar-refractivity contribution >= 4 is 23.7 Å². The van der Waals surface area contributed by atoms with Crippen LogP contribution in [0.15, 0.2) is 24.3 Å². The van der Waals surface area contributed by atoms with Crippen LogP contribution >= 0.6 is 0 Å². The number of carboxylic acid groups (broad SMARTS) is 1. The molecule has 32 heavy (non-hydrogen) atoms. The fourth-order valence-electron chi connectivity index (χ4n) is 2.88. The molecule has 3 atom stereocenters. The Kier molecular flexibility index (Phi) is 10.6. The van der Waals surface area contributed by atoms with E-state index in [9.17, 15) is 29.4 Å². The number of carbonyl (C=O) groups is 4. The Bertz CT molecular complexity index is 794. The Morgan fingerprint density at radius 2 is 1.53 bits per heavy atom. The molecule has 0 heterocycles. The lowest BCUT2D eigenvalue weighted by Gasteiger charge is -2.23. The average molecular weight is 451 g/mol. The summed E-state index contributed by atoms with van der Waals surface area (Å²) >= 11 is 0. The normalized spacial score (nSPS) is 13.8. The highest BCUT2D eigenvalue weighted by Crippen LogP contribution is 2.12. The molecule has 10 nitrogen and oxygen atoms in total. The predicted octanol–water partition coefficient (Wildman–Crippen LogP) is 0.135. The monoisotopic (exact) mass is 450 g/mol. The van der Waals surface area contributed by atoms with Gasteiger partial charge in [0.25, 0.3) is 0 Å². The van der Waals surface area contributed by atoms with E-state index in [2.05, 4.69) is 16.0 Å². The lowest BCUT2D eigenvalue weighted by Crippen LogP contribution is -2.54. The first-order valence-corrected chi connectivity index (χ1v) is 10.5. The van der Waals surface area contributed by atoms with E-state index in [-0.39, 0.29) is 37.0 Å². The number of amides is 3. The zero-order chi connectivity index (χ0) is 24.4. The van der Waals surface area contributed by atoms with Crippen LogP contribution in [0.3, 0.4) is 0 Å². The van der Waals surface area contributed by atoms with Gasteiger partial charge in [0, 0.05) is 6.42 Å². The molecule has 0 radical (unpaired) electrons. The van der Waals surface area contributed by atoms with Crippen LogP contribution < -0.4 is 21.7 Å². The van der Waals surface area contributed by atoms with Gasteiger partial charge < -0.3 is 31.9 Å². The summed E-state index contributed by atoms with van der Waals surface area (Å²) in [6.07, 6.45) is 0.287. The molecule has 3 unspecified atom stereocenters. The van der Waals surface area contributed by atoms with Gasteiger partial charge in [-0.1, -0.05) is 39.8 Å². The minimum atomic E-state index is -1.17. The van der Waals surface area contributed by atoms with E-state index < -0.39 is 41.8 Å². The van der Waals surface area contributed by atoms with Gasteiger partial charge in [0.2, 0.25) is 17.7 Å². The molecule has 0 fully saturated rings. The molecule has 0 aromatic heterocycles. The van der Waals surface area contributed by atoms with Gasteiger partial charge in [-0.3, -0.25) is 14.4 Å². The first-order valence-electron chi connectivity index (χ1n) is 10.5. The average Bonchev–Trinajstić information content (AvgIpc) is 2.71. The lowest BCUT2D eigenvalue weighted by atomic mass is 10.0. The Labute approximate surface area is 187 Å². The molecule has 10 heteroatoms. The van der Waals surface area contributed by atoms with Crippen molar-refractivity contribution in [1.29, 1.82) is 0 Å². The Morgan fingerprint density at radius 1 is 0.938 bits per heavy atom. The summed E-state index contributed by atoms with van der Waals surface area (Å²) in [5.41, 5.74) is 6.39. The SMILES string of the molecule is CC(C)CC(NC(=O)C(Cc1ccc(O)cc1)NC(=O)CNC(=O)C(N)C(C)C)C(=O)O. The highest BCUT2D eigenvalue weighted by atomic mass is 16.4. The summed E-state index contributed by atoms with van der Waals surface area (Å²) in [4.78, 5) is 48.7. The standard InChI is InChI=1S/C22H34N4O6/c1-12(2)9-17(22(31)32)26-20(29)16(10-14-5-7-15(27)8-6-14)25-18(28)11-24-21(30)19(23)13(3)4/h5-8,12-13,16-17,19,27H,9-11,23H2,1-4H3,(H,24,30)(H,25,28)(H,26,29)(H,31,32). The minimum Gasteiger partial charge on any atom is -0.508 e. The predicted molar refractivity (Wildman–Crippen MR) is 119 cm³/mol. The molecule has 1 aromatic rings. The summed E-state index contributed by atoms with van der Waals surface area (Å²) in [6, 6.07) is 3.10. The molecule has 0 aliphatic heterocycles. The van der Waals surface area contributed by atoms with Gasteiger partial charge in [0.1, 0.15) is 17.8 Å². The molecule has 0 spiro atoms. The lowest BCUT2D eigenvalue weighted by molar-refractivity contribution is -0.142. The quantitative estimate of drug-likeness (QED) is 0.263. The largest absolute Gasteiger partial charge is 0.508 e. The Morgan fingerprint density at radius 3 is 2.03 bits per heavy atom. The Balaban J connectivity index is 2.90. The molecule has 0 aliphatic carbocycles. The van der Waals surface area contributed by atoms with Crippen molar-refractivity contribution in [3.05, 3.63) is 29.8 Å². The van der Waals surface area contributed by atoms with Crippen LogP contribution in [0.25, 0.3) is 0 Å². The highest BCUT2D eigenvalue weighted by Gasteiger charge is 2.27. The van der Waals surface area contributed by atoms with Gasteiger partial charge in [-0.25, -0.2) is 4.79 Å². The van der Waals surface area contributed by atoms with Crippen LogP contribution in [-0.4, -0.2) is 58.6 Å². The number of phenolic OH excluding ortho intramolecular Hbond substituents is 1. The number of rotatable bonds is 12. The van der Waals surface area contributed by atoms with E-state index in [4.69, 9.17) is 5.73 Å². The zero-order valence-corrected chi connectivity index (χ0v) is 18.9.